The molecule has 2 aromatic carbocycles. The van der Waals surface area contributed by atoms with E-state index in [0.717, 1.165) is 0 Å². The Morgan fingerprint density at radius 2 is 1.71 bits per heavy atom. The number of aromatic amines is 1. The lowest BCUT2D eigenvalue weighted by Crippen LogP contribution is -2.27. The molecule has 6 rings (SSSR count). The second-order valence-corrected chi connectivity index (χ2v) is 10.3. The van der Waals surface area contributed by atoms with Crippen LogP contribution in [0.2, 0.25) is 5.02 Å². The Labute approximate surface area is 245 Å². The summed E-state index contributed by atoms with van der Waals surface area (Å²) >= 11 is 7.16. The lowest BCUT2D eigenvalue weighted by Gasteiger charge is -2.24. The van der Waals surface area contributed by atoms with Gasteiger partial charge in [-0.05, 0) is 32.9 Å². The first kappa shape index (κ1) is 27.1. The molecule has 0 spiro atoms. The molecule has 4 aromatic heterocycles. The number of fused-ring (bicyclic) bond motifs is 2. The monoisotopic (exact) mass is 579 g/mol. The highest BCUT2D eigenvalue weighted by molar-refractivity contribution is 6.36. The molecule has 11 heteroatoms. The lowest BCUT2D eigenvalue weighted by atomic mass is 10.0. The molecule has 210 valence electrons. The summed E-state index contributed by atoms with van der Waals surface area (Å²) in [6.07, 6.45) is 5.98. The number of pyridine rings is 2. The van der Waals surface area contributed by atoms with Crippen LogP contribution in [0, 0.1) is 0 Å². The van der Waals surface area contributed by atoms with Crippen LogP contribution in [0.5, 0.6) is 5.88 Å². The minimum Gasteiger partial charge on any atom is -0.474 e. The van der Waals surface area contributed by atoms with E-state index in [0.29, 0.717) is 61.2 Å². The molecule has 2 N–H and O–H groups in total. The Kier molecular flexibility index (Phi) is 7.13. The molecule has 0 amide bonds. The van der Waals surface area contributed by atoms with Crippen LogP contribution < -0.4 is 21.0 Å². The number of rotatable bonds is 7. The molecule has 0 saturated heterocycles. The zero-order valence-electron chi connectivity index (χ0n) is 23.0. The first-order valence-corrected chi connectivity index (χ1v) is 13.7. The highest BCUT2D eigenvalue weighted by Gasteiger charge is 2.24. The number of nitrogens with one attached hydrogen (secondary N) is 2. The Bertz CT molecular complexity index is 2040. The van der Waals surface area contributed by atoms with Gasteiger partial charge in [0.05, 0.1) is 46.3 Å². The van der Waals surface area contributed by atoms with Gasteiger partial charge >= 0.3 is 0 Å². The molecule has 0 saturated carbocycles. The molecule has 6 aromatic rings. The second-order valence-electron chi connectivity index (χ2n) is 9.96. The summed E-state index contributed by atoms with van der Waals surface area (Å²) in [5.41, 5.74) is 2.11. The van der Waals surface area contributed by atoms with Crippen LogP contribution in [0.3, 0.4) is 0 Å². The molecular weight excluding hydrogens is 554 g/mol. The van der Waals surface area contributed by atoms with Gasteiger partial charge in [0, 0.05) is 28.9 Å². The maximum absolute atomic E-state index is 14.5. The van der Waals surface area contributed by atoms with E-state index >= 15 is 0 Å². The van der Waals surface area contributed by atoms with E-state index in [2.05, 4.69) is 30.2 Å². The third-order valence-electron chi connectivity index (χ3n) is 6.77. The minimum atomic E-state index is -0.552. The number of H-pyrrole nitrogens is 1. The van der Waals surface area contributed by atoms with E-state index in [1.54, 1.807) is 17.0 Å². The van der Waals surface area contributed by atoms with Gasteiger partial charge in [0.25, 0.3) is 5.56 Å². The molecule has 0 aliphatic heterocycles. The third kappa shape index (κ3) is 4.86. The fraction of sp³-hybridized carbons (Fsp3) is 0.161. The van der Waals surface area contributed by atoms with E-state index in [1.165, 1.54) is 18.6 Å². The summed E-state index contributed by atoms with van der Waals surface area (Å²) in [5, 5.41) is 4.94. The fourth-order valence-electron chi connectivity index (χ4n) is 5.00. The molecule has 10 nitrogen and oxygen atoms in total. The average molecular weight is 580 g/mol. The zero-order chi connectivity index (χ0) is 29.4. The van der Waals surface area contributed by atoms with Crippen molar-refractivity contribution in [3.05, 3.63) is 111 Å². The van der Waals surface area contributed by atoms with Crippen molar-refractivity contribution in [3.63, 3.8) is 0 Å². The maximum Gasteiger partial charge on any atom is 0.264 e. The molecule has 4 heterocycles. The van der Waals surface area contributed by atoms with Crippen LogP contribution in [-0.2, 0) is 0 Å². The van der Waals surface area contributed by atoms with Gasteiger partial charge in [-0.2, -0.15) is 0 Å². The number of ether oxygens (including phenoxy) is 1. The fourth-order valence-corrected chi connectivity index (χ4v) is 5.41. The maximum atomic E-state index is 14.5. The second kappa shape index (κ2) is 11.1. The quantitative estimate of drug-likeness (QED) is 0.247. The van der Waals surface area contributed by atoms with Crippen LogP contribution >= 0.6 is 11.6 Å². The van der Waals surface area contributed by atoms with Crippen molar-refractivity contribution in [2.75, 3.05) is 5.32 Å². The summed E-state index contributed by atoms with van der Waals surface area (Å²) < 4.78 is 7.23. The van der Waals surface area contributed by atoms with Crippen LogP contribution in [0.25, 0.3) is 38.8 Å². The standard InChI is InChI=1S/C31H26ClN7O3/c1-17(2)42-24-15-34-22(14-35-24)20-10-7-11-21-25(20)31(41)39(19-8-5-4-6-9-19)28(27(21)32)18(3)38-30-26-23(40)12-13-33-29(26)36-16-37-30/h4-18H,1-3H3,(H2,33,36,37,38,40)/t18-/m0/s1. The number of nitrogens with zero attached hydrogens (tertiary/aromatic N) is 5. The predicted molar refractivity (Wildman–Crippen MR) is 164 cm³/mol. The van der Waals surface area contributed by atoms with E-state index < -0.39 is 6.04 Å². The molecule has 0 unspecified atom stereocenters. The first-order chi connectivity index (χ1) is 20.3. The molecule has 0 bridgehead atoms. The summed E-state index contributed by atoms with van der Waals surface area (Å²) in [4.78, 5) is 47.6. The van der Waals surface area contributed by atoms with Crippen LogP contribution in [-0.4, -0.2) is 35.6 Å². The lowest BCUT2D eigenvalue weighted by molar-refractivity contribution is 0.231. The third-order valence-corrected chi connectivity index (χ3v) is 7.17. The largest absolute Gasteiger partial charge is 0.474 e. The number of para-hydroxylation sites is 1. The Balaban J connectivity index is 1.56. The highest BCUT2D eigenvalue weighted by atomic mass is 35.5. The molecule has 42 heavy (non-hydrogen) atoms. The molecular formula is C31H26ClN7O3. The first-order valence-electron chi connectivity index (χ1n) is 13.3. The summed E-state index contributed by atoms with van der Waals surface area (Å²) in [6, 6.07) is 15.6. The smallest absolute Gasteiger partial charge is 0.264 e. The van der Waals surface area contributed by atoms with E-state index in [9.17, 15) is 9.59 Å². The zero-order valence-corrected chi connectivity index (χ0v) is 23.8. The molecule has 0 aliphatic carbocycles. The van der Waals surface area contributed by atoms with Crippen molar-refractivity contribution in [2.45, 2.75) is 32.9 Å². The van der Waals surface area contributed by atoms with E-state index in [1.807, 2.05) is 69.3 Å². The van der Waals surface area contributed by atoms with E-state index in [-0.39, 0.29) is 17.1 Å². The van der Waals surface area contributed by atoms with Crippen molar-refractivity contribution in [1.82, 2.24) is 29.5 Å². The Morgan fingerprint density at radius 3 is 2.45 bits per heavy atom. The number of anilines is 1. The Hall–Kier alpha value is -5.09. The van der Waals surface area contributed by atoms with Gasteiger partial charge in [0.1, 0.15) is 23.2 Å². The molecule has 0 radical (unpaired) electrons. The summed E-state index contributed by atoms with van der Waals surface area (Å²) in [6.45, 7) is 5.68. The molecule has 1 atom stereocenters. The van der Waals surface area contributed by atoms with Gasteiger partial charge in [-0.15, -0.1) is 0 Å². The number of halogens is 1. The number of aromatic nitrogens is 6. The number of hydrogen-bond donors (Lipinski definition) is 2. The molecule has 0 aliphatic rings. The summed E-state index contributed by atoms with van der Waals surface area (Å²) in [5.74, 6) is 0.720. The van der Waals surface area contributed by atoms with Crippen LogP contribution in [0.1, 0.15) is 32.5 Å². The van der Waals surface area contributed by atoms with Gasteiger partial charge in [0.2, 0.25) is 5.88 Å². The van der Waals surface area contributed by atoms with E-state index in [4.69, 9.17) is 16.3 Å². The van der Waals surface area contributed by atoms with Crippen molar-refractivity contribution in [1.29, 1.82) is 0 Å². The number of benzene rings is 2. The summed E-state index contributed by atoms with van der Waals surface area (Å²) in [7, 11) is 0. The Morgan fingerprint density at radius 1 is 0.905 bits per heavy atom. The predicted octanol–water partition coefficient (Wildman–Crippen LogP) is 5.69. The van der Waals surface area contributed by atoms with Crippen molar-refractivity contribution in [2.24, 2.45) is 0 Å². The van der Waals surface area contributed by atoms with Gasteiger partial charge in [-0.1, -0.05) is 48.0 Å². The van der Waals surface area contributed by atoms with Gasteiger partial charge in [-0.3, -0.25) is 14.2 Å². The van der Waals surface area contributed by atoms with Crippen LogP contribution in [0.4, 0.5) is 5.82 Å². The molecule has 0 fully saturated rings. The normalized spacial score (nSPS) is 12.1. The SMILES string of the molecule is CC(C)Oc1cnc(-c2cccc3c(Cl)c([C@H](C)Nc4ncnc5[nH]ccc(=O)c45)n(-c4ccccc4)c(=O)c23)cn1. The van der Waals surface area contributed by atoms with Crippen LogP contribution in [0.15, 0.2) is 89.1 Å². The topological polar surface area (TPSA) is 128 Å². The van der Waals surface area contributed by atoms with Crippen molar-refractivity contribution in [3.8, 4) is 22.8 Å². The van der Waals surface area contributed by atoms with Gasteiger partial charge in [-0.25, -0.2) is 19.9 Å². The average Bonchev–Trinajstić information content (AvgIpc) is 2.99. The van der Waals surface area contributed by atoms with Crippen molar-refractivity contribution < 1.29 is 4.74 Å². The van der Waals surface area contributed by atoms with Crippen molar-refractivity contribution >= 4 is 39.2 Å². The van der Waals surface area contributed by atoms with Gasteiger partial charge in [0.15, 0.2) is 5.43 Å². The minimum absolute atomic E-state index is 0.0488. The van der Waals surface area contributed by atoms with Gasteiger partial charge < -0.3 is 15.0 Å². The highest BCUT2D eigenvalue weighted by Crippen LogP contribution is 2.36. The number of hydrogen-bond acceptors (Lipinski definition) is 8.